The van der Waals surface area contributed by atoms with E-state index in [4.69, 9.17) is 9.47 Å². The van der Waals surface area contributed by atoms with E-state index in [2.05, 4.69) is 20.5 Å². The van der Waals surface area contributed by atoms with Gasteiger partial charge < -0.3 is 9.47 Å². The number of fused-ring (bicyclic) bond motifs is 1. The number of benzene rings is 2. The first kappa shape index (κ1) is 14.8. The predicted octanol–water partition coefficient (Wildman–Crippen LogP) is 3.09. The molecule has 0 saturated carbocycles. The van der Waals surface area contributed by atoms with Gasteiger partial charge in [0.2, 0.25) is 0 Å². The van der Waals surface area contributed by atoms with Crippen LogP contribution in [-0.2, 0) is 0 Å². The molecule has 1 heterocycles. The Kier molecular flexibility index (Phi) is 4.33. The zero-order valence-electron chi connectivity index (χ0n) is 12.9. The predicted molar refractivity (Wildman–Crippen MR) is 90.3 cm³/mol. The highest BCUT2D eigenvalue weighted by molar-refractivity contribution is 5.89. The maximum Gasteiger partial charge on any atom is 0.157 e. The number of hydrazone groups is 1. The molecular weight excluding hydrogens is 292 g/mol. The third kappa shape index (κ3) is 3.21. The number of nitrogens with zero attached hydrogens (tertiary/aromatic N) is 3. The Morgan fingerprint density at radius 1 is 1.04 bits per heavy atom. The molecule has 0 aliphatic carbocycles. The molecule has 0 aliphatic rings. The van der Waals surface area contributed by atoms with Gasteiger partial charge in [-0.05, 0) is 24.3 Å². The number of rotatable bonds is 5. The van der Waals surface area contributed by atoms with E-state index in [0.717, 1.165) is 22.2 Å². The summed E-state index contributed by atoms with van der Waals surface area (Å²) in [5, 5.41) is 5.15. The van der Waals surface area contributed by atoms with Gasteiger partial charge in [0.1, 0.15) is 17.8 Å². The first-order valence-corrected chi connectivity index (χ1v) is 7.02. The van der Waals surface area contributed by atoms with Crippen molar-refractivity contribution in [2.45, 2.75) is 0 Å². The molecule has 0 fully saturated rings. The molecule has 23 heavy (non-hydrogen) atoms. The number of methoxy groups -OCH3 is 2. The SMILES string of the molecule is COc1ccc(/C=N/Nc2ncnc3ccccc23)c(OC)c1. The number of anilines is 1. The Hall–Kier alpha value is -3.15. The fourth-order valence-electron chi connectivity index (χ4n) is 2.18. The van der Waals surface area contributed by atoms with Crippen LogP contribution in [0.5, 0.6) is 11.5 Å². The van der Waals surface area contributed by atoms with Crippen molar-refractivity contribution in [3.63, 3.8) is 0 Å². The standard InChI is InChI=1S/C17H16N4O2/c1-22-13-8-7-12(16(9-13)23-2)10-20-21-17-14-5-3-4-6-15(14)18-11-19-17/h3-11H,1-2H3,(H,18,19,21)/b20-10+. The van der Waals surface area contributed by atoms with Crippen molar-refractivity contribution in [2.75, 3.05) is 19.6 Å². The minimum atomic E-state index is 0.652. The first-order chi connectivity index (χ1) is 11.3. The third-order valence-corrected chi connectivity index (χ3v) is 3.36. The largest absolute Gasteiger partial charge is 0.497 e. The monoisotopic (exact) mass is 308 g/mol. The van der Waals surface area contributed by atoms with Crippen LogP contribution in [0.2, 0.25) is 0 Å². The normalized spacial score (nSPS) is 10.9. The Morgan fingerprint density at radius 2 is 1.91 bits per heavy atom. The van der Waals surface area contributed by atoms with Crippen molar-refractivity contribution in [1.29, 1.82) is 0 Å². The van der Waals surface area contributed by atoms with Crippen LogP contribution in [0.3, 0.4) is 0 Å². The van der Waals surface area contributed by atoms with E-state index < -0.39 is 0 Å². The lowest BCUT2D eigenvalue weighted by atomic mass is 10.2. The second-order valence-corrected chi connectivity index (χ2v) is 4.72. The van der Waals surface area contributed by atoms with Gasteiger partial charge in [-0.1, -0.05) is 12.1 Å². The van der Waals surface area contributed by atoms with Crippen LogP contribution in [0.1, 0.15) is 5.56 Å². The highest BCUT2D eigenvalue weighted by Crippen LogP contribution is 2.23. The van der Waals surface area contributed by atoms with E-state index in [0.29, 0.717) is 11.6 Å². The summed E-state index contributed by atoms with van der Waals surface area (Å²) >= 11 is 0. The molecule has 0 amide bonds. The molecular formula is C17H16N4O2. The van der Waals surface area contributed by atoms with Gasteiger partial charge in [0.15, 0.2) is 5.82 Å². The van der Waals surface area contributed by atoms with Crippen molar-refractivity contribution in [2.24, 2.45) is 5.10 Å². The minimum absolute atomic E-state index is 0.652. The third-order valence-electron chi connectivity index (χ3n) is 3.36. The van der Waals surface area contributed by atoms with E-state index in [1.807, 2.05) is 36.4 Å². The number of para-hydroxylation sites is 1. The lowest BCUT2D eigenvalue weighted by Crippen LogP contribution is -1.97. The summed E-state index contributed by atoms with van der Waals surface area (Å²) in [7, 11) is 3.22. The van der Waals surface area contributed by atoms with Crippen LogP contribution in [-0.4, -0.2) is 30.4 Å². The zero-order valence-corrected chi connectivity index (χ0v) is 12.9. The lowest BCUT2D eigenvalue weighted by Gasteiger charge is -2.07. The fourth-order valence-corrected chi connectivity index (χ4v) is 2.18. The summed E-state index contributed by atoms with van der Waals surface area (Å²) in [6, 6.07) is 13.3. The molecule has 3 rings (SSSR count). The molecule has 6 heteroatoms. The molecule has 0 unspecified atom stereocenters. The lowest BCUT2D eigenvalue weighted by molar-refractivity contribution is 0.394. The smallest absolute Gasteiger partial charge is 0.157 e. The molecule has 0 saturated heterocycles. The van der Waals surface area contributed by atoms with E-state index >= 15 is 0 Å². The van der Waals surface area contributed by atoms with E-state index in [1.165, 1.54) is 6.33 Å². The highest BCUT2D eigenvalue weighted by Gasteiger charge is 2.04. The van der Waals surface area contributed by atoms with Crippen molar-refractivity contribution in [3.8, 4) is 11.5 Å². The van der Waals surface area contributed by atoms with Gasteiger partial charge in [0, 0.05) is 17.0 Å². The van der Waals surface area contributed by atoms with Crippen LogP contribution >= 0.6 is 0 Å². The molecule has 0 spiro atoms. The van der Waals surface area contributed by atoms with Gasteiger partial charge in [-0.2, -0.15) is 5.10 Å². The van der Waals surface area contributed by atoms with Crippen LogP contribution < -0.4 is 14.9 Å². The number of ether oxygens (including phenoxy) is 2. The van der Waals surface area contributed by atoms with Crippen LogP contribution in [0.4, 0.5) is 5.82 Å². The summed E-state index contributed by atoms with van der Waals surface area (Å²) in [4.78, 5) is 8.44. The Labute approximate surface area is 133 Å². The molecule has 1 N–H and O–H groups in total. The van der Waals surface area contributed by atoms with E-state index in [1.54, 1.807) is 26.5 Å². The summed E-state index contributed by atoms with van der Waals surface area (Å²) in [5.74, 6) is 2.07. The number of aromatic nitrogens is 2. The molecule has 0 radical (unpaired) electrons. The number of nitrogens with one attached hydrogen (secondary N) is 1. The quantitative estimate of drug-likeness (QED) is 0.579. The molecule has 6 nitrogen and oxygen atoms in total. The highest BCUT2D eigenvalue weighted by atomic mass is 16.5. The minimum Gasteiger partial charge on any atom is -0.497 e. The van der Waals surface area contributed by atoms with Gasteiger partial charge >= 0.3 is 0 Å². The van der Waals surface area contributed by atoms with Gasteiger partial charge in [0.25, 0.3) is 0 Å². The van der Waals surface area contributed by atoms with E-state index in [-0.39, 0.29) is 0 Å². The van der Waals surface area contributed by atoms with Crippen molar-refractivity contribution in [1.82, 2.24) is 9.97 Å². The zero-order chi connectivity index (χ0) is 16.1. The van der Waals surface area contributed by atoms with Crippen LogP contribution in [0.25, 0.3) is 10.9 Å². The first-order valence-electron chi connectivity index (χ1n) is 7.02. The second-order valence-electron chi connectivity index (χ2n) is 4.72. The topological polar surface area (TPSA) is 68.6 Å². The average molecular weight is 308 g/mol. The number of hydrogen-bond acceptors (Lipinski definition) is 6. The van der Waals surface area contributed by atoms with E-state index in [9.17, 15) is 0 Å². The molecule has 3 aromatic rings. The molecule has 2 aromatic carbocycles. The van der Waals surface area contributed by atoms with Gasteiger partial charge in [-0.3, -0.25) is 5.43 Å². The van der Waals surface area contributed by atoms with Gasteiger partial charge in [-0.15, -0.1) is 0 Å². The van der Waals surface area contributed by atoms with Crippen LogP contribution in [0.15, 0.2) is 53.9 Å². The summed E-state index contributed by atoms with van der Waals surface area (Å²) in [6.45, 7) is 0. The summed E-state index contributed by atoms with van der Waals surface area (Å²) in [5.41, 5.74) is 4.64. The Morgan fingerprint density at radius 3 is 2.74 bits per heavy atom. The molecule has 1 aromatic heterocycles. The molecule has 0 aliphatic heterocycles. The Bertz CT molecular complexity index is 844. The maximum atomic E-state index is 5.34. The summed E-state index contributed by atoms with van der Waals surface area (Å²) < 4.78 is 10.5. The van der Waals surface area contributed by atoms with Gasteiger partial charge in [-0.25, -0.2) is 9.97 Å². The van der Waals surface area contributed by atoms with Crippen molar-refractivity contribution < 1.29 is 9.47 Å². The van der Waals surface area contributed by atoms with Crippen molar-refractivity contribution in [3.05, 3.63) is 54.4 Å². The second kappa shape index (κ2) is 6.74. The summed E-state index contributed by atoms with van der Waals surface area (Å²) in [6.07, 6.45) is 3.18. The fraction of sp³-hybridized carbons (Fsp3) is 0.118. The maximum absolute atomic E-state index is 5.34. The molecule has 0 bridgehead atoms. The van der Waals surface area contributed by atoms with Crippen molar-refractivity contribution >= 4 is 22.9 Å². The molecule has 0 atom stereocenters. The number of hydrogen-bond donors (Lipinski definition) is 1. The van der Waals surface area contributed by atoms with Gasteiger partial charge in [0.05, 0.1) is 26.0 Å². The van der Waals surface area contributed by atoms with Crippen LogP contribution in [0, 0.1) is 0 Å². The molecule has 116 valence electrons. The average Bonchev–Trinajstić information content (AvgIpc) is 2.62. The Balaban J connectivity index is 1.83.